The van der Waals surface area contributed by atoms with Gasteiger partial charge in [-0.2, -0.15) is 5.10 Å². The van der Waals surface area contributed by atoms with Crippen LogP contribution in [0.2, 0.25) is 0 Å². The highest BCUT2D eigenvalue weighted by Crippen LogP contribution is 2.31. The second-order valence-corrected chi connectivity index (χ2v) is 10.0. The number of rotatable bonds is 10. The zero-order chi connectivity index (χ0) is 28.8. The Morgan fingerprint density at radius 2 is 1.90 bits per heavy atom. The summed E-state index contributed by atoms with van der Waals surface area (Å²) in [5.41, 5.74) is 7.09. The second kappa shape index (κ2) is 12.4. The van der Waals surface area contributed by atoms with E-state index in [1.807, 2.05) is 50.3 Å². The summed E-state index contributed by atoms with van der Waals surface area (Å²) >= 11 is 0. The van der Waals surface area contributed by atoms with E-state index in [9.17, 15) is 4.39 Å². The van der Waals surface area contributed by atoms with Crippen molar-refractivity contribution in [2.75, 3.05) is 0 Å². The van der Waals surface area contributed by atoms with E-state index in [0.29, 0.717) is 11.5 Å². The van der Waals surface area contributed by atoms with Crippen LogP contribution in [-0.2, 0) is 0 Å². The molecule has 0 aliphatic rings. The maximum Gasteiger partial charge on any atom is 0.131 e. The molecule has 204 valence electrons. The van der Waals surface area contributed by atoms with E-state index in [-0.39, 0.29) is 5.82 Å². The average Bonchev–Trinajstić information content (AvgIpc) is 3.54. The first-order chi connectivity index (χ1) is 19.2. The number of allylic oxidation sites excluding steroid dienone is 6. The van der Waals surface area contributed by atoms with Gasteiger partial charge in [0, 0.05) is 39.3 Å². The van der Waals surface area contributed by atoms with Crippen molar-refractivity contribution in [2.24, 2.45) is 5.92 Å². The number of aromatic nitrogens is 4. The molecule has 3 N–H and O–H groups in total. The molecule has 0 radical (unpaired) electrons. The van der Waals surface area contributed by atoms with Crippen LogP contribution in [0.3, 0.4) is 0 Å². The fraction of sp³-hybridized carbons (Fsp3) is 0.176. The van der Waals surface area contributed by atoms with Gasteiger partial charge in [-0.25, -0.2) is 4.39 Å². The number of hydrogen-bond acceptors (Lipinski definition) is 3. The van der Waals surface area contributed by atoms with E-state index in [1.54, 1.807) is 30.6 Å². The van der Waals surface area contributed by atoms with Gasteiger partial charge in [-0.15, -0.1) is 0 Å². The van der Waals surface area contributed by atoms with Crippen LogP contribution >= 0.6 is 0 Å². The van der Waals surface area contributed by atoms with Crippen LogP contribution in [0, 0.1) is 11.7 Å². The van der Waals surface area contributed by atoms with E-state index in [2.05, 4.69) is 59.1 Å². The summed E-state index contributed by atoms with van der Waals surface area (Å²) < 4.78 is 14.6. The van der Waals surface area contributed by atoms with Crippen LogP contribution in [0.25, 0.3) is 45.6 Å². The minimum absolute atomic E-state index is 0.291. The molecule has 5 nitrogen and oxygen atoms in total. The Hall–Kier alpha value is -4.71. The number of hydrogen-bond donors (Lipinski definition) is 3. The zero-order valence-corrected chi connectivity index (χ0v) is 23.6. The maximum atomic E-state index is 14.6. The van der Waals surface area contributed by atoms with Gasteiger partial charge >= 0.3 is 0 Å². The van der Waals surface area contributed by atoms with Gasteiger partial charge < -0.3 is 10.3 Å². The first-order valence-electron chi connectivity index (χ1n) is 13.3. The third-order valence-electron chi connectivity index (χ3n) is 6.59. The monoisotopic (exact) mass is 533 g/mol. The number of aromatic amines is 2. The molecule has 0 amide bonds. The lowest BCUT2D eigenvalue weighted by molar-refractivity contribution is 0.622. The lowest BCUT2D eigenvalue weighted by atomic mass is 10.0. The number of fused-ring (bicyclic) bond motifs is 1. The molecule has 0 aliphatic heterocycles. The van der Waals surface area contributed by atoms with Crippen molar-refractivity contribution in [1.29, 1.82) is 0 Å². The topological polar surface area (TPSA) is 69.4 Å². The molecule has 0 fully saturated rings. The van der Waals surface area contributed by atoms with E-state index < -0.39 is 0 Å². The fourth-order valence-corrected chi connectivity index (χ4v) is 4.69. The molecule has 0 atom stereocenters. The summed E-state index contributed by atoms with van der Waals surface area (Å²) in [5.74, 6) is 0.211. The number of pyridine rings is 1. The van der Waals surface area contributed by atoms with Crippen molar-refractivity contribution in [1.82, 2.24) is 25.5 Å². The molecule has 3 heterocycles. The van der Waals surface area contributed by atoms with Crippen LogP contribution < -0.4 is 15.9 Å². The predicted molar refractivity (Wildman–Crippen MR) is 166 cm³/mol. The Morgan fingerprint density at radius 1 is 1.12 bits per heavy atom. The average molecular weight is 534 g/mol. The Morgan fingerprint density at radius 3 is 2.58 bits per heavy atom. The van der Waals surface area contributed by atoms with Crippen LogP contribution in [0.5, 0.6) is 0 Å². The smallest absolute Gasteiger partial charge is 0.131 e. The normalized spacial score (nSPS) is 13.3. The molecule has 4 rings (SSSR count). The standard InChI is InChI=1S/C34H36FN5/c1-8-24(17-25(9-2)37-23(7)15-21(4)5)22(6)16-28-31(10-3)39-40-34(28)32-18-27-29(19-36-20-33(27)38-32)26-13-11-12-14-30(26)35/h8-14,16-21,37-39H,2,6-7,15H2,1,3-5H3/b24-8+,25-17+,28-16+,31-10+. The number of halogens is 1. The van der Waals surface area contributed by atoms with E-state index in [1.165, 1.54) is 6.07 Å². The largest absolute Gasteiger partial charge is 0.359 e. The molecule has 0 aliphatic carbocycles. The summed E-state index contributed by atoms with van der Waals surface area (Å²) in [6.45, 7) is 20.7. The van der Waals surface area contributed by atoms with E-state index >= 15 is 0 Å². The zero-order valence-electron chi connectivity index (χ0n) is 23.6. The van der Waals surface area contributed by atoms with Crippen molar-refractivity contribution in [3.8, 4) is 22.5 Å². The molecule has 4 aromatic rings. The highest BCUT2D eigenvalue weighted by Gasteiger charge is 2.15. The van der Waals surface area contributed by atoms with Gasteiger partial charge in [-0.3, -0.25) is 10.1 Å². The van der Waals surface area contributed by atoms with Crippen molar-refractivity contribution < 1.29 is 4.39 Å². The van der Waals surface area contributed by atoms with Crippen molar-refractivity contribution in [3.63, 3.8) is 0 Å². The molecule has 0 saturated carbocycles. The van der Waals surface area contributed by atoms with Crippen LogP contribution in [0.1, 0.15) is 34.1 Å². The van der Waals surface area contributed by atoms with Crippen molar-refractivity contribution >= 4 is 23.1 Å². The highest BCUT2D eigenvalue weighted by atomic mass is 19.1. The second-order valence-electron chi connectivity index (χ2n) is 10.0. The third-order valence-corrected chi connectivity index (χ3v) is 6.59. The number of nitrogens with one attached hydrogen (secondary N) is 3. The Kier molecular flexibility index (Phi) is 8.80. The first-order valence-corrected chi connectivity index (χ1v) is 13.3. The van der Waals surface area contributed by atoms with E-state index in [0.717, 1.165) is 67.4 Å². The molecular formula is C34H36FN5. The lowest BCUT2D eigenvalue weighted by Crippen LogP contribution is -2.23. The van der Waals surface area contributed by atoms with Gasteiger partial charge in [0.2, 0.25) is 0 Å². The van der Waals surface area contributed by atoms with E-state index in [4.69, 9.17) is 0 Å². The van der Waals surface area contributed by atoms with Crippen LogP contribution in [0.4, 0.5) is 4.39 Å². The van der Waals surface area contributed by atoms with Crippen molar-refractivity contribution in [2.45, 2.75) is 34.1 Å². The summed E-state index contributed by atoms with van der Waals surface area (Å²) in [6.07, 6.45) is 14.1. The van der Waals surface area contributed by atoms with Crippen molar-refractivity contribution in [3.05, 3.63) is 120 Å². The molecule has 40 heavy (non-hydrogen) atoms. The molecule has 0 bridgehead atoms. The Balaban J connectivity index is 1.76. The fourth-order valence-electron chi connectivity index (χ4n) is 4.69. The van der Waals surface area contributed by atoms with Gasteiger partial charge in [-0.1, -0.05) is 63.9 Å². The highest BCUT2D eigenvalue weighted by molar-refractivity contribution is 5.97. The summed E-state index contributed by atoms with van der Waals surface area (Å²) in [7, 11) is 0. The minimum atomic E-state index is -0.291. The molecule has 0 spiro atoms. The summed E-state index contributed by atoms with van der Waals surface area (Å²) in [6, 6.07) is 8.71. The maximum absolute atomic E-state index is 14.6. The minimum Gasteiger partial charge on any atom is -0.359 e. The summed E-state index contributed by atoms with van der Waals surface area (Å²) in [5, 5.41) is 13.8. The third kappa shape index (κ3) is 6.12. The molecule has 6 heteroatoms. The number of nitrogens with zero attached hydrogens (tertiary/aromatic N) is 2. The SMILES string of the molecule is C=C/C(=C\C(=C/C)C(=C)/C=c1/c(-c2cc3c(-c4ccccc4F)cncc3[nH]2)n[nH]/c1=C/C)NC(=C)CC(C)C. The van der Waals surface area contributed by atoms with Gasteiger partial charge in [0.1, 0.15) is 11.5 Å². The number of H-pyrrole nitrogens is 2. The molecule has 1 aromatic carbocycles. The molecular weight excluding hydrogens is 497 g/mol. The van der Waals surface area contributed by atoms with Gasteiger partial charge in [0.25, 0.3) is 0 Å². The first kappa shape index (κ1) is 28.3. The van der Waals surface area contributed by atoms with Crippen LogP contribution in [-0.4, -0.2) is 20.2 Å². The van der Waals surface area contributed by atoms with Gasteiger partial charge in [0.15, 0.2) is 0 Å². The predicted octanol–water partition coefficient (Wildman–Crippen LogP) is 7.06. The molecule has 0 unspecified atom stereocenters. The Labute approximate surface area is 235 Å². The number of benzene rings is 1. The molecule has 0 saturated heterocycles. The molecule has 3 aromatic heterocycles. The van der Waals surface area contributed by atoms with Crippen LogP contribution in [0.15, 0.2) is 103 Å². The van der Waals surface area contributed by atoms with Gasteiger partial charge in [-0.05, 0) is 67.7 Å². The summed E-state index contributed by atoms with van der Waals surface area (Å²) in [4.78, 5) is 7.77. The quantitative estimate of drug-likeness (QED) is 0.191. The Bertz CT molecular complexity index is 1760. The lowest BCUT2D eigenvalue weighted by Gasteiger charge is -2.13. The van der Waals surface area contributed by atoms with Gasteiger partial charge in [0.05, 0.1) is 22.8 Å².